The predicted octanol–water partition coefficient (Wildman–Crippen LogP) is -0.756. The molecule has 7 heteroatoms. The fourth-order valence-corrected chi connectivity index (χ4v) is 1.66. The van der Waals surface area contributed by atoms with Crippen LogP contribution < -0.4 is 5.48 Å². The summed E-state index contributed by atoms with van der Waals surface area (Å²) in [4.78, 5) is 0. The maximum atomic E-state index is 11.4. The molecular weight excluding hydrogens is 209 g/mol. The van der Waals surface area contributed by atoms with E-state index in [4.69, 9.17) is 19.4 Å². The number of nitrogens with two attached hydrogens (primary N) is 1. The normalized spacial score (nSPS) is 16.1. The molecule has 1 unspecified atom stereocenters. The lowest BCUT2D eigenvalue weighted by molar-refractivity contribution is -0.881. The van der Waals surface area contributed by atoms with Crippen LogP contribution in [0, 0.1) is 6.66 Å². The largest absolute Gasteiger partial charge is 0.556 e. The van der Waals surface area contributed by atoms with E-state index in [2.05, 4.69) is 6.66 Å². The molecule has 0 spiro atoms. The first kappa shape index (κ1) is 13.9. The van der Waals surface area contributed by atoms with E-state index < -0.39 is 26.9 Å². The van der Waals surface area contributed by atoms with Gasteiger partial charge in [0, 0.05) is 0 Å². The molecule has 0 aromatic rings. The van der Waals surface area contributed by atoms with Crippen LogP contribution in [-0.2, 0) is 13.7 Å². The molecule has 0 aliphatic carbocycles. The average molecular weight is 227 g/mol. The molecule has 0 saturated carbocycles. The summed E-state index contributed by atoms with van der Waals surface area (Å²) in [5, 5.41) is 17.3. The van der Waals surface area contributed by atoms with Crippen molar-refractivity contribution in [2.24, 2.45) is 0 Å². The summed E-state index contributed by atoms with van der Waals surface area (Å²) in [6.45, 7) is 6.06. The number of hydrogen-bond acceptors (Lipinski definition) is 5. The van der Waals surface area contributed by atoms with Crippen LogP contribution in [0.2, 0.25) is 0 Å². The molecule has 0 bridgehead atoms. The molecule has 6 nitrogen and oxygen atoms in total. The second kappa shape index (κ2) is 6.40. The van der Waals surface area contributed by atoms with Crippen molar-refractivity contribution in [3.63, 3.8) is 0 Å². The van der Waals surface area contributed by atoms with Gasteiger partial charge in [-0.15, -0.1) is 0 Å². The molecule has 0 aromatic heterocycles. The zero-order valence-electron chi connectivity index (χ0n) is 8.42. The Morgan fingerprint density at radius 1 is 1.43 bits per heavy atom. The quantitative estimate of drug-likeness (QED) is 0.302. The Labute approximate surface area is 83.7 Å². The van der Waals surface area contributed by atoms with Crippen LogP contribution in [-0.4, -0.2) is 35.6 Å². The number of aliphatic hydroxyl groups is 2. The van der Waals surface area contributed by atoms with E-state index >= 15 is 0 Å². The second-order valence-corrected chi connectivity index (χ2v) is 4.83. The Morgan fingerprint density at radius 3 is 2.29 bits per heavy atom. The summed E-state index contributed by atoms with van der Waals surface area (Å²) in [7, 11) is -3.46. The van der Waals surface area contributed by atoms with Gasteiger partial charge < -0.3 is 10.2 Å². The molecule has 0 rings (SSSR count). The lowest BCUT2D eigenvalue weighted by Crippen LogP contribution is -2.86. The molecule has 0 fully saturated rings. The van der Waals surface area contributed by atoms with Crippen LogP contribution in [0.5, 0.6) is 0 Å². The third kappa shape index (κ3) is 6.37. The summed E-state index contributed by atoms with van der Waals surface area (Å²) in [6.07, 6.45) is -0.918. The van der Waals surface area contributed by atoms with Gasteiger partial charge in [0.05, 0.1) is 13.2 Å². The average Bonchev–Trinajstić information content (AvgIpc) is 2.11. The molecule has 0 aliphatic rings. The number of hydrogen-bond donors (Lipinski definition) is 3. The van der Waals surface area contributed by atoms with E-state index in [1.54, 1.807) is 0 Å². The van der Waals surface area contributed by atoms with Gasteiger partial charge >= 0.3 is 7.60 Å². The maximum absolute atomic E-state index is 11.4. The molecular formula is C7H18NO5P+2. The highest BCUT2D eigenvalue weighted by Crippen LogP contribution is 2.44. The van der Waals surface area contributed by atoms with E-state index in [0.29, 0.717) is 0 Å². The van der Waals surface area contributed by atoms with Crippen molar-refractivity contribution in [2.75, 3.05) is 13.2 Å². The lowest BCUT2D eigenvalue weighted by atomic mass is 10.4. The Morgan fingerprint density at radius 2 is 1.93 bits per heavy atom. The Balaban J connectivity index is 3.99. The smallest absolute Gasteiger partial charge is 0.394 e. The van der Waals surface area contributed by atoms with E-state index in [-0.39, 0.29) is 6.04 Å². The molecule has 0 amide bonds. The van der Waals surface area contributed by atoms with Crippen molar-refractivity contribution in [1.82, 2.24) is 0 Å². The number of aliphatic hydroxyl groups excluding tert-OH is 2. The van der Waals surface area contributed by atoms with Gasteiger partial charge in [0.15, 0.2) is 6.66 Å². The van der Waals surface area contributed by atoms with Gasteiger partial charge in [-0.25, -0.2) is 4.57 Å². The first-order chi connectivity index (χ1) is 6.41. The Hall–Kier alpha value is -0.100. The van der Waals surface area contributed by atoms with E-state index in [1.165, 1.54) is 5.48 Å². The monoisotopic (exact) mass is 227 g/mol. The molecule has 14 heavy (non-hydrogen) atoms. The fraction of sp³-hybridized carbons (Fsp3) is 0.857. The van der Waals surface area contributed by atoms with Crippen LogP contribution >= 0.6 is 7.60 Å². The van der Waals surface area contributed by atoms with Crippen LogP contribution in [0.4, 0.5) is 0 Å². The SMILES string of the molecule is [CH2+]P(=O)(O[NH2+]C(C)C)OC(CO)CO. The van der Waals surface area contributed by atoms with Crippen LogP contribution in [0.15, 0.2) is 0 Å². The van der Waals surface area contributed by atoms with Crippen molar-refractivity contribution in [3.8, 4) is 0 Å². The number of quaternary nitrogens is 1. The van der Waals surface area contributed by atoms with Crippen molar-refractivity contribution >= 4 is 7.60 Å². The minimum Gasteiger partial charge on any atom is -0.394 e. The molecule has 0 saturated heterocycles. The predicted molar refractivity (Wildman–Crippen MR) is 50.2 cm³/mol. The van der Waals surface area contributed by atoms with Crippen molar-refractivity contribution in [3.05, 3.63) is 6.66 Å². The molecule has 4 N–H and O–H groups in total. The standard InChI is InChI=1S/C7H17NO5P/c1-6(2)8-13-14(3,11)12-7(4-9)5-10/h6-10H,3-5H2,1-2H3/q+1/p+1. The van der Waals surface area contributed by atoms with Crippen LogP contribution in [0.3, 0.4) is 0 Å². The van der Waals surface area contributed by atoms with Crippen LogP contribution in [0.1, 0.15) is 13.8 Å². The Kier molecular flexibility index (Phi) is 6.35. The fourth-order valence-electron chi connectivity index (χ4n) is 0.591. The van der Waals surface area contributed by atoms with E-state index in [1.807, 2.05) is 13.8 Å². The third-order valence-corrected chi connectivity index (χ3v) is 2.27. The number of rotatable bonds is 7. The first-order valence-electron chi connectivity index (χ1n) is 4.27. The highest BCUT2D eigenvalue weighted by Gasteiger charge is 2.34. The van der Waals surface area contributed by atoms with Crippen molar-refractivity contribution < 1.29 is 29.4 Å². The first-order valence-corrected chi connectivity index (χ1v) is 6.00. The number of hydroxylamine groups is 1. The summed E-state index contributed by atoms with van der Waals surface area (Å²) in [5.74, 6) is 0. The van der Waals surface area contributed by atoms with Crippen molar-refractivity contribution in [1.29, 1.82) is 0 Å². The molecule has 0 aromatic carbocycles. The minimum atomic E-state index is -3.46. The van der Waals surface area contributed by atoms with E-state index in [9.17, 15) is 4.57 Å². The van der Waals surface area contributed by atoms with Crippen LogP contribution in [0.25, 0.3) is 0 Å². The minimum absolute atomic E-state index is 0.0929. The van der Waals surface area contributed by atoms with Gasteiger partial charge in [-0.3, -0.25) is 4.52 Å². The van der Waals surface area contributed by atoms with Gasteiger partial charge in [-0.05, 0) is 13.8 Å². The summed E-state index contributed by atoms with van der Waals surface area (Å²) in [6, 6.07) is 0.0929. The maximum Gasteiger partial charge on any atom is 0.556 e. The molecule has 1 atom stereocenters. The van der Waals surface area contributed by atoms with Gasteiger partial charge in [-0.2, -0.15) is 5.48 Å². The van der Waals surface area contributed by atoms with Gasteiger partial charge in [0.1, 0.15) is 12.1 Å². The highest BCUT2D eigenvalue weighted by atomic mass is 31.2. The Bertz CT molecular complexity index is 195. The van der Waals surface area contributed by atoms with E-state index in [0.717, 1.165) is 0 Å². The summed E-state index contributed by atoms with van der Waals surface area (Å²) >= 11 is 0. The topological polar surface area (TPSA) is 92.6 Å². The van der Waals surface area contributed by atoms with Crippen molar-refractivity contribution in [2.45, 2.75) is 26.0 Å². The summed E-state index contributed by atoms with van der Waals surface area (Å²) in [5.41, 5.74) is 1.35. The summed E-state index contributed by atoms with van der Waals surface area (Å²) < 4.78 is 21.0. The van der Waals surface area contributed by atoms with Gasteiger partial charge in [-0.1, -0.05) is 4.62 Å². The molecule has 84 valence electrons. The lowest BCUT2D eigenvalue weighted by Gasteiger charge is -2.12. The zero-order chi connectivity index (χ0) is 11.2. The van der Waals surface area contributed by atoms with Gasteiger partial charge in [0.25, 0.3) is 0 Å². The third-order valence-electron chi connectivity index (χ3n) is 1.21. The van der Waals surface area contributed by atoms with Gasteiger partial charge in [0.2, 0.25) is 0 Å². The second-order valence-electron chi connectivity index (χ2n) is 3.19. The zero-order valence-corrected chi connectivity index (χ0v) is 9.31. The molecule has 0 heterocycles. The molecule has 0 radical (unpaired) electrons. The highest BCUT2D eigenvalue weighted by molar-refractivity contribution is 7.54. The molecule has 0 aliphatic heterocycles.